The molecule has 2 aromatic rings. The van der Waals surface area contributed by atoms with Crippen LogP contribution in [0.5, 0.6) is 0 Å². The largest absolute Gasteiger partial charge is 0.369 e. The Labute approximate surface area is 151 Å². The molecule has 1 fully saturated rings. The summed E-state index contributed by atoms with van der Waals surface area (Å²) in [6.45, 7) is 4.81. The van der Waals surface area contributed by atoms with Gasteiger partial charge in [-0.15, -0.1) is 0 Å². The van der Waals surface area contributed by atoms with Crippen LogP contribution in [-0.2, 0) is 4.74 Å². The molecule has 2 heteroatoms. The van der Waals surface area contributed by atoms with E-state index >= 15 is 0 Å². The van der Waals surface area contributed by atoms with Crippen LogP contribution in [-0.4, -0.2) is 6.61 Å². The Balaban J connectivity index is 1.77. The van der Waals surface area contributed by atoms with Gasteiger partial charge in [0, 0.05) is 12.2 Å². The number of hydrogen-bond acceptors (Lipinski definition) is 1. The average Bonchev–Trinajstić information content (AvgIpc) is 2.67. The molecule has 0 bridgehead atoms. The average molecular weight is 340 g/mol. The first-order chi connectivity index (χ1) is 12.2. The summed E-state index contributed by atoms with van der Waals surface area (Å²) >= 11 is 0. The zero-order valence-electron chi connectivity index (χ0n) is 15.4. The van der Waals surface area contributed by atoms with Crippen molar-refractivity contribution in [2.45, 2.75) is 58.0 Å². The number of hydrogen-bond donors (Lipinski definition) is 0. The van der Waals surface area contributed by atoms with Crippen molar-refractivity contribution in [2.24, 2.45) is 5.92 Å². The number of rotatable bonds is 6. The molecule has 3 rings (SSSR count). The minimum atomic E-state index is -0.337. The molecule has 1 aliphatic carbocycles. The molecule has 0 saturated heterocycles. The Kier molecular flexibility index (Phi) is 6.25. The maximum atomic E-state index is 14.2. The molecule has 0 spiro atoms. The van der Waals surface area contributed by atoms with Gasteiger partial charge in [-0.3, -0.25) is 0 Å². The third kappa shape index (κ3) is 4.30. The summed E-state index contributed by atoms with van der Waals surface area (Å²) in [6.07, 6.45) is 6.25. The van der Waals surface area contributed by atoms with E-state index in [4.69, 9.17) is 4.74 Å². The third-order valence-electron chi connectivity index (χ3n) is 5.66. The molecule has 1 atom stereocenters. The first-order valence-electron chi connectivity index (χ1n) is 9.68. The Morgan fingerprint density at radius 3 is 2.24 bits per heavy atom. The predicted molar refractivity (Wildman–Crippen MR) is 101 cm³/mol. The van der Waals surface area contributed by atoms with E-state index in [-0.39, 0.29) is 11.9 Å². The Hall–Kier alpha value is -1.67. The van der Waals surface area contributed by atoms with Crippen molar-refractivity contribution in [3.05, 3.63) is 71.0 Å². The lowest BCUT2D eigenvalue weighted by Crippen LogP contribution is -2.13. The van der Waals surface area contributed by atoms with E-state index < -0.39 is 0 Å². The summed E-state index contributed by atoms with van der Waals surface area (Å²) in [4.78, 5) is 0. The zero-order chi connectivity index (χ0) is 17.6. The van der Waals surface area contributed by atoms with Crippen LogP contribution < -0.4 is 0 Å². The minimum absolute atomic E-state index is 0.206. The highest BCUT2D eigenvalue weighted by molar-refractivity contribution is 5.34. The summed E-state index contributed by atoms with van der Waals surface area (Å²) in [5.74, 6) is 1.39. The topological polar surface area (TPSA) is 9.23 Å². The first-order valence-corrected chi connectivity index (χ1v) is 9.68. The molecule has 0 aromatic heterocycles. The molecule has 1 unspecified atom stereocenters. The first kappa shape index (κ1) is 18.1. The van der Waals surface area contributed by atoms with E-state index in [0.29, 0.717) is 18.1 Å². The maximum Gasteiger partial charge on any atom is 0.129 e. The van der Waals surface area contributed by atoms with Crippen molar-refractivity contribution in [1.29, 1.82) is 0 Å². The van der Waals surface area contributed by atoms with Gasteiger partial charge in [0.05, 0.1) is 0 Å². The van der Waals surface area contributed by atoms with E-state index in [1.807, 2.05) is 19.1 Å². The molecule has 1 nitrogen and oxygen atoms in total. The van der Waals surface area contributed by atoms with Gasteiger partial charge in [0.1, 0.15) is 11.9 Å². The van der Waals surface area contributed by atoms with Crippen LogP contribution in [0.4, 0.5) is 4.39 Å². The minimum Gasteiger partial charge on any atom is -0.369 e. The Morgan fingerprint density at radius 2 is 1.64 bits per heavy atom. The smallest absolute Gasteiger partial charge is 0.129 e. The van der Waals surface area contributed by atoms with Crippen LogP contribution in [0, 0.1) is 11.7 Å². The molecule has 2 aromatic carbocycles. The highest BCUT2D eigenvalue weighted by atomic mass is 19.1. The summed E-state index contributed by atoms with van der Waals surface area (Å²) in [5, 5.41) is 0. The summed E-state index contributed by atoms with van der Waals surface area (Å²) in [6, 6.07) is 15.6. The monoisotopic (exact) mass is 340 g/mol. The summed E-state index contributed by atoms with van der Waals surface area (Å²) < 4.78 is 20.1. The van der Waals surface area contributed by atoms with Gasteiger partial charge in [0.2, 0.25) is 0 Å². The molecular formula is C23H29FO. The second-order valence-electron chi connectivity index (χ2n) is 7.15. The van der Waals surface area contributed by atoms with E-state index in [2.05, 4.69) is 31.2 Å². The quantitative estimate of drug-likeness (QED) is 0.573. The van der Waals surface area contributed by atoms with Gasteiger partial charge in [0.25, 0.3) is 0 Å². The van der Waals surface area contributed by atoms with Crippen LogP contribution in [0.15, 0.2) is 48.5 Å². The molecule has 25 heavy (non-hydrogen) atoms. The molecule has 0 radical (unpaired) electrons. The highest BCUT2D eigenvalue weighted by Gasteiger charge is 2.22. The fourth-order valence-electron chi connectivity index (χ4n) is 4.07. The summed E-state index contributed by atoms with van der Waals surface area (Å²) in [7, 11) is 0. The molecule has 1 saturated carbocycles. The Bertz CT molecular complexity index is 656. The molecule has 0 N–H and O–H groups in total. The second kappa shape index (κ2) is 8.62. The van der Waals surface area contributed by atoms with Crippen molar-refractivity contribution in [1.82, 2.24) is 0 Å². The van der Waals surface area contributed by atoms with Crippen LogP contribution in [0.25, 0.3) is 0 Å². The molecule has 0 amide bonds. The zero-order valence-corrected chi connectivity index (χ0v) is 15.4. The van der Waals surface area contributed by atoms with Crippen molar-refractivity contribution >= 4 is 0 Å². The lowest BCUT2D eigenvalue weighted by atomic mass is 9.77. The summed E-state index contributed by atoms with van der Waals surface area (Å²) in [5.41, 5.74) is 3.06. The van der Waals surface area contributed by atoms with Crippen molar-refractivity contribution in [3.63, 3.8) is 0 Å². The molecule has 0 aliphatic heterocycles. The fraction of sp³-hybridized carbons (Fsp3) is 0.478. The molecule has 1 aliphatic rings. The van der Waals surface area contributed by atoms with Crippen LogP contribution in [0.1, 0.15) is 74.7 Å². The lowest BCUT2D eigenvalue weighted by molar-refractivity contribution is 0.0887. The van der Waals surface area contributed by atoms with E-state index in [9.17, 15) is 4.39 Å². The van der Waals surface area contributed by atoms with E-state index in [1.165, 1.54) is 43.7 Å². The number of benzene rings is 2. The lowest BCUT2D eigenvalue weighted by Gasteiger charge is -2.28. The third-order valence-corrected chi connectivity index (χ3v) is 5.66. The van der Waals surface area contributed by atoms with Gasteiger partial charge in [-0.05, 0) is 61.6 Å². The molecule has 134 valence electrons. The van der Waals surface area contributed by atoms with E-state index in [0.717, 1.165) is 11.5 Å². The van der Waals surface area contributed by atoms with Crippen molar-refractivity contribution < 1.29 is 9.13 Å². The molecule has 0 heterocycles. The Morgan fingerprint density at radius 1 is 0.960 bits per heavy atom. The SMILES string of the molecule is CCOC(c1ccc([C@H]2CC[C@H](CC)CC2)cc1)c1ccccc1F. The van der Waals surface area contributed by atoms with Gasteiger partial charge >= 0.3 is 0 Å². The van der Waals surface area contributed by atoms with Gasteiger partial charge in [-0.25, -0.2) is 4.39 Å². The number of ether oxygens (including phenoxy) is 1. The fourth-order valence-corrected chi connectivity index (χ4v) is 4.07. The normalized spacial score (nSPS) is 21.9. The molecular weight excluding hydrogens is 311 g/mol. The standard InChI is InChI=1S/C23H29FO/c1-3-17-9-11-18(12-10-17)19-13-15-20(16-14-19)23(25-4-2)21-7-5-6-8-22(21)24/h5-8,13-18,23H,3-4,9-12H2,1-2H3/t17-,18-,23?. The van der Waals surface area contributed by atoms with Gasteiger partial charge in [0.15, 0.2) is 0 Å². The van der Waals surface area contributed by atoms with Gasteiger partial charge in [-0.1, -0.05) is 55.8 Å². The van der Waals surface area contributed by atoms with Gasteiger partial charge in [-0.2, -0.15) is 0 Å². The predicted octanol–water partition coefficient (Wildman–Crippen LogP) is 6.64. The maximum absolute atomic E-state index is 14.2. The second-order valence-corrected chi connectivity index (χ2v) is 7.15. The highest BCUT2D eigenvalue weighted by Crippen LogP contribution is 2.37. The van der Waals surface area contributed by atoms with Crippen LogP contribution >= 0.6 is 0 Å². The van der Waals surface area contributed by atoms with Crippen LogP contribution in [0.2, 0.25) is 0 Å². The number of halogens is 1. The van der Waals surface area contributed by atoms with Crippen LogP contribution in [0.3, 0.4) is 0 Å². The van der Waals surface area contributed by atoms with Crippen molar-refractivity contribution in [3.8, 4) is 0 Å². The van der Waals surface area contributed by atoms with Gasteiger partial charge < -0.3 is 4.74 Å². The van der Waals surface area contributed by atoms with E-state index in [1.54, 1.807) is 6.07 Å². The van der Waals surface area contributed by atoms with Crippen molar-refractivity contribution in [2.75, 3.05) is 6.61 Å².